The van der Waals surface area contributed by atoms with E-state index in [0.29, 0.717) is 62.9 Å². The zero-order chi connectivity index (χ0) is 20.7. The lowest BCUT2D eigenvalue weighted by Crippen LogP contribution is -2.39. The summed E-state index contributed by atoms with van der Waals surface area (Å²) in [5.74, 6) is 0. The molecule has 0 aliphatic heterocycles. The van der Waals surface area contributed by atoms with Crippen LogP contribution in [0.25, 0.3) is 11.2 Å². The lowest BCUT2D eigenvalue weighted by Gasteiger charge is -2.16. The third-order valence-corrected chi connectivity index (χ3v) is 6.70. The molecule has 0 fully saturated rings. The molecule has 2 aromatic rings. The van der Waals surface area contributed by atoms with Gasteiger partial charge in [-0.3, -0.25) is 18.5 Å². The normalized spacial score (nSPS) is 12.1. The van der Waals surface area contributed by atoms with Crippen molar-refractivity contribution in [1.82, 2.24) is 18.7 Å². The minimum Gasteiger partial charge on any atom is -0.325 e. The summed E-state index contributed by atoms with van der Waals surface area (Å²) in [6.07, 6.45) is 4.80. The van der Waals surface area contributed by atoms with Gasteiger partial charge in [-0.15, -0.1) is 0 Å². The van der Waals surface area contributed by atoms with Crippen molar-refractivity contribution in [3.63, 3.8) is 0 Å². The van der Waals surface area contributed by atoms with E-state index in [1.807, 2.05) is 6.92 Å². The summed E-state index contributed by atoms with van der Waals surface area (Å²) < 4.78 is 27.5. The average molecular weight is 414 g/mol. The van der Waals surface area contributed by atoms with Gasteiger partial charge in [-0.1, -0.05) is 13.3 Å². The highest BCUT2D eigenvalue weighted by Gasteiger charge is 2.22. The van der Waals surface area contributed by atoms with Crippen LogP contribution in [0.4, 0.5) is 0 Å². The number of rotatable bonds is 12. The van der Waals surface area contributed by atoms with E-state index in [1.54, 1.807) is 31.8 Å². The van der Waals surface area contributed by atoms with Gasteiger partial charge >= 0.3 is 13.3 Å². The van der Waals surface area contributed by atoms with Crippen LogP contribution < -0.4 is 11.2 Å². The summed E-state index contributed by atoms with van der Waals surface area (Å²) in [6.45, 7) is 7.26. The van der Waals surface area contributed by atoms with Crippen LogP contribution in [0, 0.1) is 0 Å². The fourth-order valence-electron chi connectivity index (χ4n) is 3.24. The highest BCUT2D eigenvalue weighted by Crippen LogP contribution is 2.48. The van der Waals surface area contributed by atoms with Crippen LogP contribution >= 0.6 is 7.60 Å². The van der Waals surface area contributed by atoms with Crippen molar-refractivity contribution in [2.24, 2.45) is 7.05 Å². The summed E-state index contributed by atoms with van der Waals surface area (Å²) in [6, 6.07) is 0. The third-order valence-electron chi connectivity index (χ3n) is 4.53. The molecule has 0 spiro atoms. The molecule has 28 heavy (non-hydrogen) atoms. The van der Waals surface area contributed by atoms with Crippen molar-refractivity contribution in [2.45, 2.75) is 59.5 Å². The van der Waals surface area contributed by atoms with Crippen LogP contribution in [0.3, 0.4) is 0 Å². The third kappa shape index (κ3) is 5.01. The largest absolute Gasteiger partial charge is 0.332 e. The SMILES string of the molecule is CCCn1cnc2c1c(=O)n(CCCCCP(=O)(OCC)OCC)c(=O)n2C. The number of aromatic nitrogens is 4. The fourth-order valence-corrected chi connectivity index (χ4v) is 4.97. The molecule has 2 rings (SSSR count). The molecule has 0 aromatic carbocycles. The molecule has 2 heterocycles. The van der Waals surface area contributed by atoms with E-state index in [0.717, 1.165) is 6.42 Å². The first-order valence-electron chi connectivity index (χ1n) is 9.91. The maximum Gasteiger partial charge on any atom is 0.332 e. The Hall–Kier alpha value is -1.70. The van der Waals surface area contributed by atoms with Gasteiger partial charge in [-0.25, -0.2) is 9.78 Å². The number of fused-ring (bicyclic) bond motifs is 1. The summed E-state index contributed by atoms with van der Waals surface area (Å²) in [7, 11) is -1.41. The summed E-state index contributed by atoms with van der Waals surface area (Å²) in [5.41, 5.74) is 0.196. The molecule has 0 aliphatic carbocycles. The molecule has 9 nitrogen and oxygen atoms in total. The highest BCUT2D eigenvalue weighted by atomic mass is 31.2. The topological polar surface area (TPSA) is 97.4 Å². The molecule has 0 amide bonds. The number of hydrogen-bond acceptors (Lipinski definition) is 6. The molecule has 158 valence electrons. The number of nitrogens with zero attached hydrogens (tertiary/aromatic N) is 4. The second kappa shape index (κ2) is 10.2. The van der Waals surface area contributed by atoms with Gasteiger partial charge in [0.05, 0.1) is 25.7 Å². The number of hydrogen-bond donors (Lipinski definition) is 0. The maximum absolute atomic E-state index is 12.9. The Morgan fingerprint density at radius 1 is 1.04 bits per heavy atom. The van der Waals surface area contributed by atoms with Crippen molar-refractivity contribution in [3.05, 3.63) is 27.2 Å². The fraction of sp³-hybridized carbons (Fsp3) is 0.722. The Kier molecular flexibility index (Phi) is 8.22. The molecule has 0 aliphatic rings. The molecule has 0 atom stereocenters. The second-order valence-electron chi connectivity index (χ2n) is 6.64. The standard InChI is InChI=1S/C18H31N4O5P/c1-5-11-21-14-19-16-15(21)17(23)22(18(24)20(16)4)12-9-8-10-13-28(25,26-6-2)27-7-3/h14H,5-13H2,1-4H3. The molecule has 0 bridgehead atoms. The van der Waals surface area contributed by atoms with Crippen LogP contribution in [0.2, 0.25) is 0 Å². The molecular weight excluding hydrogens is 383 g/mol. The van der Waals surface area contributed by atoms with Gasteiger partial charge in [0.15, 0.2) is 11.2 Å². The van der Waals surface area contributed by atoms with E-state index in [2.05, 4.69) is 4.98 Å². The zero-order valence-corrected chi connectivity index (χ0v) is 18.1. The van der Waals surface area contributed by atoms with E-state index < -0.39 is 7.60 Å². The quantitative estimate of drug-likeness (QED) is 0.391. The Labute approximate surface area is 164 Å². The first-order chi connectivity index (χ1) is 13.4. The van der Waals surface area contributed by atoms with Crippen LogP contribution in [0.1, 0.15) is 46.5 Å². The van der Waals surface area contributed by atoms with Crippen LogP contribution in [-0.2, 0) is 33.7 Å². The minimum atomic E-state index is -3.04. The molecule has 0 saturated carbocycles. The van der Waals surface area contributed by atoms with Crippen molar-refractivity contribution in [1.29, 1.82) is 0 Å². The van der Waals surface area contributed by atoms with E-state index in [9.17, 15) is 14.2 Å². The van der Waals surface area contributed by atoms with Gasteiger partial charge in [0.2, 0.25) is 0 Å². The van der Waals surface area contributed by atoms with Crippen LogP contribution in [-0.4, -0.2) is 38.1 Å². The smallest absolute Gasteiger partial charge is 0.325 e. The first kappa shape index (κ1) is 22.6. The summed E-state index contributed by atoms with van der Waals surface area (Å²) in [4.78, 5) is 29.6. The average Bonchev–Trinajstić information content (AvgIpc) is 3.07. The second-order valence-corrected chi connectivity index (χ2v) is 8.82. The van der Waals surface area contributed by atoms with Gasteiger partial charge in [-0.05, 0) is 33.1 Å². The predicted octanol–water partition coefficient (Wildman–Crippen LogP) is 2.74. The molecule has 0 unspecified atom stereocenters. The number of unbranched alkanes of at least 4 members (excludes halogenated alkanes) is 2. The Morgan fingerprint density at radius 2 is 1.71 bits per heavy atom. The van der Waals surface area contributed by atoms with E-state index in [4.69, 9.17) is 9.05 Å². The van der Waals surface area contributed by atoms with Gasteiger partial charge < -0.3 is 13.6 Å². The van der Waals surface area contributed by atoms with Crippen LogP contribution in [0.15, 0.2) is 15.9 Å². The van der Waals surface area contributed by atoms with Crippen LogP contribution in [0.5, 0.6) is 0 Å². The van der Waals surface area contributed by atoms with Gasteiger partial charge in [-0.2, -0.15) is 0 Å². The molecule has 0 N–H and O–H groups in total. The first-order valence-corrected chi connectivity index (χ1v) is 11.6. The highest BCUT2D eigenvalue weighted by molar-refractivity contribution is 7.53. The Bertz CT molecular complexity index is 936. The van der Waals surface area contributed by atoms with Gasteiger partial charge in [0, 0.05) is 20.1 Å². The number of imidazole rings is 1. The van der Waals surface area contributed by atoms with Gasteiger partial charge in [0.25, 0.3) is 5.56 Å². The van der Waals surface area contributed by atoms with E-state index in [-0.39, 0.29) is 11.2 Å². The molecule has 2 aromatic heterocycles. The lowest BCUT2D eigenvalue weighted by molar-refractivity contribution is 0.219. The maximum atomic E-state index is 12.9. The van der Waals surface area contributed by atoms with Crippen molar-refractivity contribution in [3.8, 4) is 0 Å². The lowest BCUT2D eigenvalue weighted by atomic mass is 10.2. The van der Waals surface area contributed by atoms with Crippen molar-refractivity contribution >= 4 is 18.8 Å². The summed E-state index contributed by atoms with van der Waals surface area (Å²) in [5, 5.41) is 0. The Balaban J connectivity index is 2.08. The Morgan fingerprint density at radius 3 is 2.32 bits per heavy atom. The molecular formula is C18H31N4O5P. The van der Waals surface area contributed by atoms with E-state index >= 15 is 0 Å². The van der Waals surface area contributed by atoms with Crippen molar-refractivity contribution in [2.75, 3.05) is 19.4 Å². The zero-order valence-electron chi connectivity index (χ0n) is 17.2. The van der Waals surface area contributed by atoms with Crippen molar-refractivity contribution < 1.29 is 13.6 Å². The molecule has 0 saturated heterocycles. The summed E-state index contributed by atoms with van der Waals surface area (Å²) >= 11 is 0. The predicted molar refractivity (Wildman–Crippen MR) is 109 cm³/mol. The minimum absolute atomic E-state index is 0.307. The van der Waals surface area contributed by atoms with Gasteiger partial charge in [0.1, 0.15) is 0 Å². The molecule has 0 radical (unpaired) electrons. The monoisotopic (exact) mass is 414 g/mol. The van der Waals surface area contributed by atoms with E-state index in [1.165, 1.54) is 9.13 Å². The molecule has 10 heteroatoms. The number of aryl methyl sites for hydroxylation is 2.